The van der Waals surface area contributed by atoms with Crippen molar-refractivity contribution in [1.82, 2.24) is 24.5 Å². The smallest absolute Gasteiger partial charge is 0.211 e. The van der Waals surface area contributed by atoms with Crippen LogP contribution in [0.2, 0.25) is 0 Å². The van der Waals surface area contributed by atoms with Crippen LogP contribution in [0.15, 0.2) is 12.4 Å². The zero-order valence-electron chi connectivity index (χ0n) is 13.6. The number of hydrogen-bond donors (Lipinski definition) is 1. The van der Waals surface area contributed by atoms with Gasteiger partial charge in [-0.3, -0.25) is 10.1 Å². The summed E-state index contributed by atoms with van der Waals surface area (Å²) in [6.07, 6.45) is 6.49. The van der Waals surface area contributed by atoms with E-state index in [0.29, 0.717) is 13.1 Å². The molecule has 1 saturated heterocycles. The van der Waals surface area contributed by atoms with Crippen LogP contribution in [0.3, 0.4) is 0 Å². The van der Waals surface area contributed by atoms with Gasteiger partial charge in [-0.25, -0.2) is 17.7 Å². The number of nitrogens with one attached hydrogen (secondary N) is 1. The Hall–Kier alpha value is -1.80. The minimum atomic E-state index is -3.16. The summed E-state index contributed by atoms with van der Waals surface area (Å²) in [6, 6.07) is 0. The molecular formula is C15H21N5O2S. The highest BCUT2D eigenvalue weighted by molar-refractivity contribution is 7.88. The number of piperidine rings is 1. The van der Waals surface area contributed by atoms with Gasteiger partial charge in [-0.1, -0.05) is 0 Å². The summed E-state index contributed by atoms with van der Waals surface area (Å²) in [4.78, 5) is 9.05. The number of rotatable bonds is 3. The van der Waals surface area contributed by atoms with E-state index in [9.17, 15) is 8.42 Å². The third-order valence-electron chi connectivity index (χ3n) is 4.31. The molecule has 1 aliphatic rings. The Balaban J connectivity index is 1.91. The summed E-state index contributed by atoms with van der Waals surface area (Å²) in [7, 11) is -3.16. The predicted octanol–water partition coefficient (Wildman–Crippen LogP) is 1.62. The average Bonchev–Trinajstić information content (AvgIpc) is 2.86. The maximum atomic E-state index is 11.8. The molecule has 7 nitrogen and oxygen atoms in total. The van der Waals surface area contributed by atoms with E-state index in [1.54, 1.807) is 12.4 Å². The van der Waals surface area contributed by atoms with Crippen LogP contribution >= 0.6 is 0 Å². The molecule has 3 rings (SSSR count). The number of hydrogen-bond acceptors (Lipinski definition) is 5. The molecule has 0 bridgehead atoms. The third-order valence-corrected chi connectivity index (χ3v) is 5.58. The van der Waals surface area contributed by atoms with E-state index in [4.69, 9.17) is 4.98 Å². The van der Waals surface area contributed by atoms with Gasteiger partial charge in [0.1, 0.15) is 0 Å². The Labute approximate surface area is 136 Å². The molecule has 124 valence electrons. The summed E-state index contributed by atoms with van der Waals surface area (Å²) in [6.45, 7) is 4.94. The lowest BCUT2D eigenvalue weighted by atomic mass is 9.96. The fourth-order valence-electron chi connectivity index (χ4n) is 3.11. The summed E-state index contributed by atoms with van der Waals surface area (Å²) < 4.78 is 25.1. The molecule has 1 N–H and O–H groups in total. The van der Waals surface area contributed by atoms with Gasteiger partial charge in [0, 0.05) is 36.5 Å². The highest BCUT2D eigenvalue weighted by Gasteiger charge is 2.28. The minimum Gasteiger partial charge on any atom is -0.282 e. The van der Waals surface area contributed by atoms with Crippen molar-refractivity contribution < 1.29 is 8.42 Å². The average molecular weight is 335 g/mol. The van der Waals surface area contributed by atoms with Crippen molar-refractivity contribution in [1.29, 1.82) is 0 Å². The molecule has 1 aliphatic heterocycles. The summed E-state index contributed by atoms with van der Waals surface area (Å²) in [5, 5.41) is 7.15. The fraction of sp³-hybridized carbons (Fsp3) is 0.533. The lowest BCUT2D eigenvalue weighted by molar-refractivity contribution is 0.314. The Bertz CT molecular complexity index is 796. The number of nitrogens with zero attached hydrogens (tertiary/aromatic N) is 4. The topological polar surface area (TPSA) is 91.8 Å². The van der Waals surface area contributed by atoms with Crippen LogP contribution in [0.4, 0.5) is 0 Å². The maximum absolute atomic E-state index is 11.8. The predicted molar refractivity (Wildman–Crippen MR) is 87.5 cm³/mol. The van der Waals surface area contributed by atoms with Gasteiger partial charge in [0.2, 0.25) is 10.0 Å². The molecule has 3 heterocycles. The van der Waals surface area contributed by atoms with Crippen LogP contribution in [0, 0.1) is 13.8 Å². The SMILES string of the molecule is Cc1n[nH]c(C)c1-c1cncc(C2CCCN(S(C)(=O)=O)C2)n1. The molecule has 0 spiro atoms. The maximum Gasteiger partial charge on any atom is 0.211 e. The first-order valence-electron chi connectivity index (χ1n) is 7.65. The molecule has 2 aromatic heterocycles. The van der Waals surface area contributed by atoms with Crippen molar-refractivity contribution in [3.63, 3.8) is 0 Å². The Morgan fingerprint density at radius 3 is 2.74 bits per heavy atom. The second-order valence-corrected chi connectivity index (χ2v) is 8.08. The van der Waals surface area contributed by atoms with Crippen LogP contribution in [-0.2, 0) is 10.0 Å². The molecular weight excluding hydrogens is 314 g/mol. The van der Waals surface area contributed by atoms with Crippen molar-refractivity contribution in [2.45, 2.75) is 32.6 Å². The first kappa shape index (κ1) is 16.1. The van der Waals surface area contributed by atoms with E-state index in [-0.39, 0.29) is 5.92 Å². The molecule has 1 unspecified atom stereocenters. The van der Waals surface area contributed by atoms with Gasteiger partial charge in [-0.15, -0.1) is 0 Å². The largest absolute Gasteiger partial charge is 0.282 e. The second-order valence-electron chi connectivity index (χ2n) is 6.10. The van der Waals surface area contributed by atoms with Crippen molar-refractivity contribution >= 4 is 10.0 Å². The molecule has 0 aliphatic carbocycles. The van der Waals surface area contributed by atoms with E-state index in [0.717, 1.165) is 41.2 Å². The first-order chi connectivity index (χ1) is 10.9. The zero-order chi connectivity index (χ0) is 16.6. The summed E-state index contributed by atoms with van der Waals surface area (Å²) >= 11 is 0. The fourth-order valence-corrected chi connectivity index (χ4v) is 4.02. The Kier molecular flexibility index (Phi) is 4.20. The quantitative estimate of drug-likeness (QED) is 0.920. The summed E-state index contributed by atoms with van der Waals surface area (Å²) in [5.41, 5.74) is 4.43. The molecule has 0 radical (unpaired) electrons. The van der Waals surface area contributed by atoms with Crippen LogP contribution in [0.1, 0.15) is 35.8 Å². The Morgan fingerprint density at radius 2 is 2.09 bits per heavy atom. The third kappa shape index (κ3) is 3.28. The number of aromatic amines is 1. The second kappa shape index (κ2) is 6.01. The van der Waals surface area contributed by atoms with Crippen molar-refractivity contribution in [2.24, 2.45) is 0 Å². The van der Waals surface area contributed by atoms with E-state index >= 15 is 0 Å². The van der Waals surface area contributed by atoms with Crippen LogP contribution < -0.4 is 0 Å². The van der Waals surface area contributed by atoms with Crippen LogP contribution in [-0.4, -0.2) is 52.2 Å². The highest BCUT2D eigenvalue weighted by Crippen LogP contribution is 2.29. The zero-order valence-corrected chi connectivity index (χ0v) is 14.4. The van der Waals surface area contributed by atoms with Gasteiger partial charge < -0.3 is 0 Å². The van der Waals surface area contributed by atoms with Crippen molar-refractivity contribution in [2.75, 3.05) is 19.3 Å². The summed E-state index contributed by atoms with van der Waals surface area (Å²) in [5.74, 6) is 0.0819. The molecule has 0 saturated carbocycles. The van der Waals surface area contributed by atoms with E-state index < -0.39 is 10.0 Å². The first-order valence-corrected chi connectivity index (χ1v) is 9.50. The van der Waals surface area contributed by atoms with E-state index in [1.165, 1.54) is 10.6 Å². The van der Waals surface area contributed by atoms with Gasteiger partial charge in [-0.2, -0.15) is 5.10 Å². The van der Waals surface area contributed by atoms with Gasteiger partial charge in [-0.05, 0) is 26.7 Å². The monoisotopic (exact) mass is 335 g/mol. The minimum absolute atomic E-state index is 0.0819. The molecule has 8 heteroatoms. The van der Waals surface area contributed by atoms with E-state index in [2.05, 4.69) is 15.2 Å². The van der Waals surface area contributed by atoms with Gasteiger partial charge >= 0.3 is 0 Å². The number of aromatic nitrogens is 4. The van der Waals surface area contributed by atoms with E-state index in [1.807, 2.05) is 13.8 Å². The molecule has 23 heavy (non-hydrogen) atoms. The number of H-pyrrole nitrogens is 1. The van der Waals surface area contributed by atoms with Gasteiger partial charge in [0.05, 0.1) is 29.5 Å². The number of sulfonamides is 1. The van der Waals surface area contributed by atoms with Crippen molar-refractivity contribution in [3.05, 3.63) is 29.5 Å². The lowest BCUT2D eigenvalue weighted by Crippen LogP contribution is -2.38. The normalized spacial score (nSPS) is 19.9. The van der Waals surface area contributed by atoms with Crippen molar-refractivity contribution in [3.8, 4) is 11.3 Å². The standard InChI is InChI=1S/C15H21N5O2S/c1-10-15(11(2)19-18-10)14-8-16-7-13(17-14)12-5-4-6-20(9-12)23(3,21)22/h7-8,12H,4-6,9H2,1-3H3,(H,18,19). The molecule has 1 atom stereocenters. The van der Waals surface area contributed by atoms with Gasteiger partial charge in [0.15, 0.2) is 0 Å². The molecule has 1 fully saturated rings. The molecule has 0 aromatic carbocycles. The molecule has 0 amide bonds. The lowest BCUT2D eigenvalue weighted by Gasteiger charge is -2.30. The van der Waals surface area contributed by atoms with Crippen LogP contribution in [0.5, 0.6) is 0 Å². The molecule has 2 aromatic rings. The van der Waals surface area contributed by atoms with Gasteiger partial charge in [0.25, 0.3) is 0 Å². The number of aryl methyl sites for hydroxylation is 2. The van der Waals surface area contributed by atoms with Crippen LogP contribution in [0.25, 0.3) is 11.3 Å². The highest BCUT2D eigenvalue weighted by atomic mass is 32.2. The Morgan fingerprint density at radius 1 is 1.30 bits per heavy atom.